The number of nitriles is 1. The minimum absolute atomic E-state index is 0.283. The fourth-order valence-corrected chi connectivity index (χ4v) is 1.95. The molecule has 1 amide bonds. The number of para-hydroxylation sites is 1. The fourth-order valence-electron chi connectivity index (χ4n) is 1.95. The number of carbonyl (C=O) groups is 1. The summed E-state index contributed by atoms with van der Waals surface area (Å²) in [5, 5.41) is 15.0. The molecule has 2 aromatic rings. The molecule has 0 spiro atoms. The number of rotatable bonds is 6. The molecule has 5 nitrogen and oxygen atoms in total. The van der Waals surface area contributed by atoms with Crippen LogP contribution < -0.4 is 10.6 Å². The first-order valence-electron chi connectivity index (χ1n) is 7.24. The summed E-state index contributed by atoms with van der Waals surface area (Å²) in [4.78, 5) is 16.4. The van der Waals surface area contributed by atoms with E-state index in [1.54, 1.807) is 36.5 Å². The second-order valence-electron chi connectivity index (χ2n) is 4.85. The van der Waals surface area contributed by atoms with E-state index >= 15 is 0 Å². The van der Waals surface area contributed by atoms with Gasteiger partial charge in [0.05, 0.1) is 22.5 Å². The highest BCUT2D eigenvalue weighted by atomic mass is 16.1. The Bertz CT molecular complexity index is 691. The van der Waals surface area contributed by atoms with E-state index < -0.39 is 0 Å². The quantitative estimate of drug-likeness (QED) is 0.800. The molecule has 0 bridgehead atoms. The summed E-state index contributed by atoms with van der Waals surface area (Å²) in [5.74, 6) is -0.283. The first-order chi connectivity index (χ1) is 10.7. The summed E-state index contributed by atoms with van der Waals surface area (Å²) in [5.41, 5.74) is 2.20. The highest BCUT2D eigenvalue weighted by Gasteiger charge is 2.09. The number of unbranched alkanes of at least 4 members (excludes halogenated alkanes) is 1. The van der Waals surface area contributed by atoms with Crippen LogP contribution in [0.4, 0.5) is 11.4 Å². The zero-order valence-corrected chi connectivity index (χ0v) is 12.5. The Morgan fingerprint density at radius 2 is 2.14 bits per heavy atom. The third-order valence-electron chi connectivity index (χ3n) is 3.16. The molecule has 0 atom stereocenters. The van der Waals surface area contributed by atoms with Crippen molar-refractivity contribution in [3.63, 3.8) is 0 Å². The molecule has 112 valence electrons. The maximum absolute atomic E-state index is 12.3. The zero-order chi connectivity index (χ0) is 15.8. The Morgan fingerprint density at radius 1 is 1.32 bits per heavy atom. The van der Waals surface area contributed by atoms with Gasteiger partial charge in [0.15, 0.2) is 0 Å². The molecule has 0 radical (unpaired) electrons. The summed E-state index contributed by atoms with van der Waals surface area (Å²) in [6.07, 6.45) is 5.36. The number of nitrogens with zero attached hydrogens (tertiary/aromatic N) is 2. The number of nitrogens with one attached hydrogen (secondary N) is 2. The minimum atomic E-state index is -0.283. The van der Waals surface area contributed by atoms with Gasteiger partial charge in [-0.15, -0.1) is 0 Å². The van der Waals surface area contributed by atoms with Gasteiger partial charge in [0.1, 0.15) is 6.07 Å². The van der Waals surface area contributed by atoms with Crippen molar-refractivity contribution in [1.82, 2.24) is 4.98 Å². The van der Waals surface area contributed by atoms with Gasteiger partial charge in [-0.05, 0) is 24.6 Å². The maximum atomic E-state index is 12.3. The van der Waals surface area contributed by atoms with Gasteiger partial charge in [0.2, 0.25) is 0 Å². The molecule has 0 aliphatic carbocycles. The molecule has 0 fully saturated rings. The van der Waals surface area contributed by atoms with Gasteiger partial charge >= 0.3 is 0 Å². The van der Waals surface area contributed by atoms with Crippen LogP contribution >= 0.6 is 0 Å². The fraction of sp³-hybridized carbons (Fsp3) is 0.235. The van der Waals surface area contributed by atoms with Crippen LogP contribution in [0, 0.1) is 11.3 Å². The Morgan fingerprint density at radius 3 is 2.91 bits per heavy atom. The first kappa shape index (κ1) is 15.5. The lowest BCUT2D eigenvalue weighted by atomic mass is 10.2. The topological polar surface area (TPSA) is 77.8 Å². The van der Waals surface area contributed by atoms with Crippen LogP contribution in [0.3, 0.4) is 0 Å². The van der Waals surface area contributed by atoms with Crippen LogP contribution in [0.2, 0.25) is 0 Å². The lowest BCUT2D eigenvalue weighted by molar-refractivity contribution is 0.102. The van der Waals surface area contributed by atoms with Gasteiger partial charge in [-0.1, -0.05) is 25.5 Å². The molecule has 1 heterocycles. The van der Waals surface area contributed by atoms with Crippen LogP contribution in [-0.4, -0.2) is 17.4 Å². The number of hydrogen-bond donors (Lipinski definition) is 2. The average molecular weight is 294 g/mol. The largest absolute Gasteiger partial charge is 0.384 e. The lowest BCUT2D eigenvalue weighted by Crippen LogP contribution is -2.13. The molecular weight excluding hydrogens is 276 g/mol. The molecule has 22 heavy (non-hydrogen) atoms. The highest BCUT2D eigenvalue weighted by Crippen LogP contribution is 2.16. The van der Waals surface area contributed by atoms with E-state index in [1.807, 2.05) is 0 Å². The Kier molecular flexibility index (Phi) is 5.50. The summed E-state index contributed by atoms with van der Waals surface area (Å²) in [7, 11) is 0. The third-order valence-corrected chi connectivity index (χ3v) is 3.16. The van der Waals surface area contributed by atoms with Crippen LogP contribution in [0.15, 0.2) is 42.7 Å². The number of aromatic nitrogens is 1. The second kappa shape index (κ2) is 7.79. The van der Waals surface area contributed by atoms with Gasteiger partial charge < -0.3 is 10.6 Å². The van der Waals surface area contributed by atoms with E-state index in [-0.39, 0.29) is 5.91 Å². The van der Waals surface area contributed by atoms with Crippen molar-refractivity contribution in [1.29, 1.82) is 5.26 Å². The predicted octanol–water partition coefficient (Wildman–Crippen LogP) is 3.42. The van der Waals surface area contributed by atoms with Crippen LogP contribution in [-0.2, 0) is 0 Å². The number of pyridine rings is 1. The van der Waals surface area contributed by atoms with Crippen molar-refractivity contribution in [2.24, 2.45) is 0 Å². The molecule has 1 aromatic carbocycles. The van der Waals surface area contributed by atoms with E-state index in [2.05, 4.69) is 28.6 Å². The lowest BCUT2D eigenvalue weighted by Gasteiger charge is -2.09. The predicted molar refractivity (Wildman–Crippen MR) is 86.7 cm³/mol. The van der Waals surface area contributed by atoms with Crippen molar-refractivity contribution in [3.8, 4) is 6.07 Å². The van der Waals surface area contributed by atoms with Crippen molar-refractivity contribution in [3.05, 3.63) is 53.9 Å². The van der Waals surface area contributed by atoms with Gasteiger partial charge in [-0.2, -0.15) is 5.26 Å². The monoisotopic (exact) mass is 294 g/mol. The molecule has 0 aliphatic heterocycles. The van der Waals surface area contributed by atoms with E-state index in [0.29, 0.717) is 16.8 Å². The zero-order valence-electron chi connectivity index (χ0n) is 12.5. The van der Waals surface area contributed by atoms with Crippen molar-refractivity contribution < 1.29 is 4.79 Å². The van der Waals surface area contributed by atoms with Crippen molar-refractivity contribution in [2.45, 2.75) is 19.8 Å². The van der Waals surface area contributed by atoms with Gasteiger partial charge in [-0.3, -0.25) is 9.78 Å². The van der Waals surface area contributed by atoms with Crippen LogP contribution in [0.25, 0.3) is 0 Å². The second-order valence-corrected chi connectivity index (χ2v) is 4.85. The third kappa shape index (κ3) is 4.06. The Balaban J connectivity index is 2.09. The number of carbonyl (C=O) groups excluding carboxylic acids is 1. The smallest absolute Gasteiger partial charge is 0.257 e. The van der Waals surface area contributed by atoms with Crippen LogP contribution in [0.5, 0.6) is 0 Å². The summed E-state index contributed by atoms with van der Waals surface area (Å²) in [6.45, 7) is 2.97. The Hall–Kier alpha value is -2.87. The number of anilines is 2. The molecule has 0 unspecified atom stereocenters. The molecule has 0 saturated carbocycles. The first-order valence-corrected chi connectivity index (χ1v) is 7.24. The van der Waals surface area contributed by atoms with E-state index in [0.717, 1.165) is 25.1 Å². The van der Waals surface area contributed by atoms with Crippen LogP contribution in [0.1, 0.15) is 35.7 Å². The molecule has 0 aliphatic rings. The molecule has 5 heteroatoms. The van der Waals surface area contributed by atoms with E-state index in [9.17, 15) is 4.79 Å². The van der Waals surface area contributed by atoms with Crippen molar-refractivity contribution >= 4 is 17.3 Å². The van der Waals surface area contributed by atoms with Crippen molar-refractivity contribution in [2.75, 3.05) is 17.2 Å². The highest BCUT2D eigenvalue weighted by molar-refractivity contribution is 6.05. The van der Waals surface area contributed by atoms with Gasteiger partial charge in [0.25, 0.3) is 5.91 Å². The summed E-state index contributed by atoms with van der Waals surface area (Å²) >= 11 is 0. The SMILES string of the molecule is CCCCNc1cncc(C(=O)Nc2ccccc2C#N)c1. The molecular formula is C17H18N4O. The van der Waals surface area contributed by atoms with E-state index in [1.165, 1.54) is 6.20 Å². The standard InChI is InChI=1S/C17H18N4O/c1-2-3-8-20-15-9-14(11-19-12-15)17(22)21-16-7-5-4-6-13(16)10-18/h4-7,9,11-12,20H,2-3,8H2,1H3,(H,21,22). The molecule has 2 rings (SSSR count). The minimum Gasteiger partial charge on any atom is -0.384 e. The van der Waals surface area contributed by atoms with E-state index in [4.69, 9.17) is 5.26 Å². The van der Waals surface area contributed by atoms with Gasteiger partial charge in [0, 0.05) is 18.9 Å². The van der Waals surface area contributed by atoms with Gasteiger partial charge in [-0.25, -0.2) is 0 Å². The number of benzene rings is 1. The average Bonchev–Trinajstić information content (AvgIpc) is 2.56. The normalized spacial score (nSPS) is 9.82. The summed E-state index contributed by atoms with van der Waals surface area (Å²) in [6, 6.07) is 10.7. The molecule has 2 N–H and O–H groups in total. The summed E-state index contributed by atoms with van der Waals surface area (Å²) < 4.78 is 0. The number of hydrogen-bond acceptors (Lipinski definition) is 4. The maximum Gasteiger partial charge on any atom is 0.257 e. The Labute approximate surface area is 130 Å². The molecule has 0 saturated heterocycles. The number of amides is 1. The molecule has 1 aromatic heterocycles.